The Bertz CT molecular complexity index is 1010. The number of carbonyl (C=O) groups is 2. The van der Waals surface area contributed by atoms with Crippen molar-refractivity contribution in [2.45, 2.75) is 39.9 Å². The molecule has 2 amide bonds. The molecule has 0 aliphatic carbocycles. The quantitative estimate of drug-likeness (QED) is 0.281. The summed E-state index contributed by atoms with van der Waals surface area (Å²) in [6.45, 7) is 6.60. The largest absolute Gasteiger partial charge is 0.450 e. The first-order chi connectivity index (χ1) is 14.8. The first-order valence-electron chi connectivity index (χ1n) is 9.84. The summed E-state index contributed by atoms with van der Waals surface area (Å²) < 4.78 is 5.03. The Balaban J connectivity index is 1.74. The van der Waals surface area contributed by atoms with Crippen molar-refractivity contribution in [2.75, 3.05) is 11.9 Å². The van der Waals surface area contributed by atoms with Crippen LogP contribution in [0.25, 0.3) is 0 Å². The molecule has 0 bridgehead atoms. The van der Waals surface area contributed by atoms with Crippen molar-refractivity contribution in [2.24, 2.45) is 16.8 Å². The predicted molar refractivity (Wildman–Crippen MR) is 115 cm³/mol. The van der Waals surface area contributed by atoms with Crippen molar-refractivity contribution in [3.63, 3.8) is 0 Å². The monoisotopic (exact) mass is 426 g/mol. The number of pyridine rings is 2. The third-order valence-electron chi connectivity index (χ3n) is 4.71. The van der Waals surface area contributed by atoms with E-state index in [4.69, 9.17) is 16.4 Å². The van der Waals surface area contributed by atoms with Crippen molar-refractivity contribution in [3.8, 4) is 0 Å². The zero-order chi connectivity index (χ0) is 22.5. The van der Waals surface area contributed by atoms with Gasteiger partial charge in [-0.05, 0) is 50.1 Å². The molecule has 0 atom stereocenters. The minimum absolute atomic E-state index is 0.0489. The number of amidine groups is 1. The zero-order valence-corrected chi connectivity index (χ0v) is 17.7. The lowest BCUT2D eigenvalue weighted by Gasteiger charge is -2.23. The van der Waals surface area contributed by atoms with Gasteiger partial charge in [0.15, 0.2) is 5.84 Å². The van der Waals surface area contributed by atoms with Crippen molar-refractivity contribution in [1.82, 2.24) is 19.9 Å². The van der Waals surface area contributed by atoms with Gasteiger partial charge in [0.25, 0.3) is 5.91 Å². The molecular formula is C20H26N8O3. The van der Waals surface area contributed by atoms with Gasteiger partial charge in [-0.2, -0.15) is 5.10 Å². The number of carbonyl (C=O) groups excluding carboxylic acids is 2. The summed E-state index contributed by atoms with van der Waals surface area (Å²) in [5, 5.41) is 7.83. The molecule has 3 rings (SSSR count). The van der Waals surface area contributed by atoms with Gasteiger partial charge in [0.1, 0.15) is 17.2 Å². The van der Waals surface area contributed by atoms with Crippen molar-refractivity contribution >= 4 is 23.7 Å². The van der Waals surface area contributed by atoms with Gasteiger partial charge in [-0.15, -0.1) is 0 Å². The SMILES string of the molecule is CCOC(=O)N1Cc2cnc(C(=O)Nc3cccc(/C(=N/N)N(N)C(C)C)n3)cc2C1. The molecule has 0 saturated heterocycles. The van der Waals surface area contributed by atoms with E-state index in [2.05, 4.69) is 20.4 Å². The fraction of sp³-hybridized carbons (Fsp3) is 0.350. The zero-order valence-electron chi connectivity index (χ0n) is 17.7. The van der Waals surface area contributed by atoms with Crippen LogP contribution in [-0.4, -0.2) is 50.4 Å². The summed E-state index contributed by atoms with van der Waals surface area (Å²) in [5.74, 6) is 11.6. The number of hydrogen-bond donors (Lipinski definition) is 3. The summed E-state index contributed by atoms with van der Waals surface area (Å²) in [6, 6.07) is 6.67. The number of hydrogen-bond acceptors (Lipinski definition) is 8. The van der Waals surface area contributed by atoms with Gasteiger partial charge in [0.2, 0.25) is 0 Å². The second-order valence-corrected chi connectivity index (χ2v) is 7.21. The Morgan fingerprint density at radius 2 is 2.03 bits per heavy atom. The van der Waals surface area contributed by atoms with Crippen LogP contribution in [-0.2, 0) is 17.8 Å². The standard InChI is InChI=1S/C20H26N8O3/c1-4-31-20(30)27-10-13-8-16(23-9-14(13)11-27)19(29)25-17-7-5-6-15(24-17)18(26-21)28(22)12(2)3/h5-9,12H,4,10-11,21-22H2,1-3H3,(H,24,25,29)/b26-18-. The van der Waals surface area contributed by atoms with Gasteiger partial charge in [-0.25, -0.2) is 15.6 Å². The maximum Gasteiger partial charge on any atom is 0.410 e. The maximum atomic E-state index is 12.7. The topological polar surface area (TPSA) is 152 Å². The summed E-state index contributed by atoms with van der Waals surface area (Å²) in [6.07, 6.45) is 1.21. The number of hydrazine groups is 1. The van der Waals surface area contributed by atoms with Gasteiger partial charge in [-0.3, -0.25) is 19.7 Å². The van der Waals surface area contributed by atoms with Crippen LogP contribution in [0.1, 0.15) is 48.1 Å². The van der Waals surface area contributed by atoms with E-state index in [1.807, 2.05) is 13.8 Å². The number of nitrogens with two attached hydrogens (primary N) is 2. The van der Waals surface area contributed by atoms with Crippen LogP contribution in [0.3, 0.4) is 0 Å². The third kappa shape index (κ3) is 4.89. The van der Waals surface area contributed by atoms with E-state index in [-0.39, 0.29) is 11.7 Å². The van der Waals surface area contributed by atoms with Crippen LogP contribution in [0.2, 0.25) is 0 Å². The first-order valence-corrected chi connectivity index (χ1v) is 9.84. The van der Waals surface area contributed by atoms with E-state index in [0.717, 1.165) is 11.1 Å². The van der Waals surface area contributed by atoms with Crippen LogP contribution in [0.5, 0.6) is 0 Å². The Morgan fingerprint density at radius 1 is 1.29 bits per heavy atom. The second-order valence-electron chi connectivity index (χ2n) is 7.21. The van der Waals surface area contributed by atoms with Gasteiger partial charge in [0, 0.05) is 18.8 Å². The van der Waals surface area contributed by atoms with Crippen molar-refractivity contribution < 1.29 is 14.3 Å². The molecule has 1 aliphatic rings. The van der Waals surface area contributed by atoms with E-state index in [1.165, 1.54) is 5.01 Å². The predicted octanol–water partition coefficient (Wildman–Crippen LogP) is 1.41. The molecule has 3 heterocycles. The lowest BCUT2D eigenvalue weighted by molar-refractivity contribution is 0.102. The number of hydrazone groups is 1. The molecule has 2 aromatic rings. The fourth-order valence-electron chi connectivity index (χ4n) is 3.07. The molecule has 5 N–H and O–H groups in total. The molecule has 0 unspecified atom stereocenters. The summed E-state index contributed by atoms with van der Waals surface area (Å²) >= 11 is 0. The molecule has 0 spiro atoms. The normalized spacial score (nSPS) is 13.2. The molecular weight excluding hydrogens is 400 g/mol. The fourth-order valence-corrected chi connectivity index (χ4v) is 3.07. The van der Waals surface area contributed by atoms with Gasteiger partial charge in [0.05, 0.1) is 13.2 Å². The van der Waals surface area contributed by atoms with Crippen molar-refractivity contribution in [1.29, 1.82) is 0 Å². The highest BCUT2D eigenvalue weighted by Gasteiger charge is 2.26. The molecule has 0 radical (unpaired) electrons. The number of ether oxygens (including phenoxy) is 1. The maximum absolute atomic E-state index is 12.7. The van der Waals surface area contributed by atoms with E-state index >= 15 is 0 Å². The Kier molecular flexibility index (Phi) is 6.65. The average molecular weight is 426 g/mol. The molecule has 2 aromatic heterocycles. The highest BCUT2D eigenvalue weighted by molar-refractivity contribution is 6.03. The number of rotatable bonds is 5. The lowest BCUT2D eigenvalue weighted by atomic mass is 10.1. The minimum Gasteiger partial charge on any atom is -0.450 e. The number of nitrogens with one attached hydrogen (secondary N) is 1. The van der Waals surface area contributed by atoms with Crippen LogP contribution < -0.4 is 17.0 Å². The highest BCUT2D eigenvalue weighted by atomic mass is 16.6. The number of nitrogens with zero attached hydrogens (tertiary/aromatic N) is 5. The molecule has 11 heteroatoms. The highest BCUT2D eigenvalue weighted by Crippen LogP contribution is 2.23. The number of fused-ring (bicyclic) bond motifs is 1. The summed E-state index contributed by atoms with van der Waals surface area (Å²) in [5.41, 5.74) is 2.36. The second kappa shape index (κ2) is 9.39. The number of aromatic nitrogens is 2. The van der Waals surface area contributed by atoms with Gasteiger partial charge >= 0.3 is 6.09 Å². The van der Waals surface area contributed by atoms with Crippen LogP contribution in [0, 0.1) is 0 Å². The first kappa shape index (κ1) is 22.0. The summed E-state index contributed by atoms with van der Waals surface area (Å²) in [7, 11) is 0. The van der Waals surface area contributed by atoms with Crippen LogP contribution in [0.4, 0.5) is 10.6 Å². The number of anilines is 1. The average Bonchev–Trinajstić information content (AvgIpc) is 3.18. The van der Waals surface area contributed by atoms with E-state index < -0.39 is 12.0 Å². The molecule has 11 nitrogen and oxygen atoms in total. The van der Waals surface area contributed by atoms with Crippen LogP contribution >= 0.6 is 0 Å². The molecule has 0 fully saturated rings. The molecule has 1 aliphatic heterocycles. The van der Waals surface area contributed by atoms with E-state index in [0.29, 0.717) is 37.0 Å². The minimum atomic E-state index is -0.429. The molecule has 0 saturated carbocycles. The van der Waals surface area contributed by atoms with E-state index in [1.54, 1.807) is 42.3 Å². The van der Waals surface area contributed by atoms with Crippen molar-refractivity contribution in [3.05, 3.63) is 53.0 Å². The smallest absolute Gasteiger partial charge is 0.410 e. The Morgan fingerprint density at radius 3 is 2.71 bits per heavy atom. The summed E-state index contributed by atoms with van der Waals surface area (Å²) in [4.78, 5) is 34.8. The number of amides is 2. The van der Waals surface area contributed by atoms with Crippen LogP contribution in [0.15, 0.2) is 35.6 Å². The Labute approximate surface area is 180 Å². The molecule has 31 heavy (non-hydrogen) atoms. The van der Waals surface area contributed by atoms with Gasteiger partial charge in [-0.1, -0.05) is 6.07 Å². The van der Waals surface area contributed by atoms with Gasteiger partial charge < -0.3 is 15.9 Å². The Hall–Kier alpha value is -3.73. The lowest BCUT2D eigenvalue weighted by Crippen LogP contribution is -2.44. The third-order valence-corrected chi connectivity index (χ3v) is 4.71. The molecule has 164 valence electrons. The molecule has 0 aromatic carbocycles. The van der Waals surface area contributed by atoms with E-state index in [9.17, 15) is 9.59 Å².